The number of ether oxygens (including phenoxy) is 1. The maximum atomic E-state index is 14.1. The largest absolute Gasteiger partial charge is 0.446 e. The molecule has 0 saturated heterocycles. The molecule has 0 heterocycles. The van der Waals surface area contributed by atoms with Crippen LogP contribution in [-0.4, -0.2) is 53.2 Å². The van der Waals surface area contributed by atoms with E-state index in [0.29, 0.717) is 6.92 Å². The van der Waals surface area contributed by atoms with Crippen molar-refractivity contribution in [3.05, 3.63) is 12.2 Å². The second-order valence-electron chi connectivity index (χ2n) is 5.76. The van der Waals surface area contributed by atoms with Gasteiger partial charge in [0.25, 0.3) is 23.9 Å². The highest BCUT2D eigenvalue weighted by Gasteiger charge is 2.81. The van der Waals surface area contributed by atoms with E-state index < -0.39 is 60.0 Å². The van der Waals surface area contributed by atoms with Crippen LogP contribution in [0.2, 0.25) is 0 Å². The van der Waals surface area contributed by atoms with Gasteiger partial charge < -0.3 is 9.84 Å². The molecular formula is C13H13F11O3. The summed E-state index contributed by atoms with van der Waals surface area (Å²) in [6.07, 6.45) is -20.0. The number of halogens is 11. The first-order valence-corrected chi connectivity index (χ1v) is 6.68. The van der Waals surface area contributed by atoms with Crippen molar-refractivity contribution in [1.82, 2.24) is 0 Å². The van der Waals surface area contributed by atoms with Gasteiger partial charge in [0.05, 0.1) is 6.42 Å². The number of hydrogen-bond donors (Lipinski definition) is 1. The highest BCUT2D eigenvalue weighted by atomic mass is 19.4. The molecule has 0 bridgehead atoms. The molecule has 0 fully saturated rings. The minimum Gasteiger partial charge on any atom is -0.446 e. The van der Waals surface area contributed by atoms with Crippen LogP contribution in [-0.2, 0) is 9.53 Å². The van der Waals surface area contributed by atoms with Gasteiger partial charge >= 0.3 is 18.1 Å². The fraction of sp³-hybridized carbons (Fsp3) is 0.769. The maximum Gasteiger partial charge on any atom is 0.429 e. The van der Waals surface area contributed by atoms with Gasteiger partial charge in [-0.2, -0.15) is 22.0 Å². The Bertz CT molecular complexity index is 565. The number of carbonyl (C=O) groups excluding carboxylic acids is 1. The molecule has 0 radical (unpaired) electrons. The zero-order valence-electron chi connectivity index (χ0n) is 13.5. The molecule has 0 amide bonds. The van der Waals surface area contributed by atoms with E-state index in [0.717, 1.165) is 0 Å². The van der Waals surface area contributed by atoms with Crippen LogP contribution in [0.1, 0.15) is 20.3 Å². The Balaban J connectivity index is 6.56. The molecule has 0 aromatic carbocycles. The first kappa shape index (κ1) is 25.4. The minimum atomic E-state index is -6.91. The first-order valence-electron chi connectivity index (χ1n) is 6.68. The average Bonchev–Trinajstić information content (AvgIpc) is 2.38. The fourth-order valence-corrected chi connectivity index (χ4v) is 1.80. The molecule has 27 heavy (non-hydrogen) atoms. The summed E-state index contributed by atoms with van der Waals surface area (Å²) in [6.45, 7) is 3.17. The molecule has 0 aliphatic heterocycles. The van der Waals surface area contributed by atoms with Crippen molar-refractivity contribution in [3.8, 4) is 0 Å². The highest BCUT2D eigenvalue weighted by molar-refractivity contribution is 5.87. The molecule has 2 atom stereocenters. The number of rotatable bonds is 8. The van der Waals surface area contributed by atoms with Crippen molar-refractivity contribution in [2.24, 2.45) is 0 Å². The van der Waals surface area contributed by atoms with Gasteiger partial charge in [-0.05, 0) is 13.8 Å². The quantitative estimate of drug-likeness (QED) is 0.357. The van der Waals surface area contributed by atoms with Crippen molar-refractivity contribution in [1.29, 1.82) is 0 Å². The lowest BCUT2D eigenvalue weighted by Crippen LogP contribution is -2.71. The van der Waals surface area contributed by atoms with E-state index in [1.54, 1.807) is 0 Å². The van der Waals surface area contributed by atoms with Gasteiger partial charge in [-0.25, -0.2) is 31.1 Å². The van der Waals surface area contributed by atoms with Gasteiger partial charge in [0.2, 0.25) is 6.10 Å². The van der Waals surface area contributed by atoms with Crippen LogP contribution in [0.4, 0.5) is 48.3 Å². The zero-order valence-corrected chi connectivity index (χ0v) is 13.5. The molecule has 0 spiro atoms. The number of hydrogen-bond acceptors (Lipinski definition) is 3. The van der Waals surface area contributed by atoms with Gasteiger partial charge in [0.1, 0.15) is 0 Å². The summed E-state index contributed by atoms with van der Waals surface area (Å²) in [5.41, 5.74) is -7.38. The van der Waals surface area contributed by atoms with E-state index in [-0.39, 0.29) is 6.92 Å². The minimum absolute atomic E-state index is 0.236. The van der Waals surface area contributed by atoms with E-state index in [9.17, 15) is 53.1 Å². The van der Waals surface area contributed by atoms with Crippen molar-refractivity contribution < 1.29 is 62.9 Å². The van der Waals surface area contributed by atoms with E-state index in [2.05, 4.69) is 11.3 Å². The lowest BCUT2D eigenvalue weighted by molar-refractivity contribution is -0.393. The molecule has 0 aliphatic carbocycles. The predicted octanol–water partition coefficient (Wildman–Crippen LogP) is 4.35. The number of esters is 1. The summed E-state index contributed by atoms with van der Waals surface area (Å²) < 4.78 is 148. The summed E-state index contributed by atoms with van der Waals surface area (Å²) in [4.78, 5) is 11.2. The smallest absolute Gasteiger partial charge is 0.429 e. The van der Waals surface area contributed by atoms with Gasteiger partial charge in [-0.3, -0.25) is 0 Å². The molecule has 0 aromatic rings. The number of carbonyl (C=O) groups is 1. The molecule has 0 aliphatic rings. The Kier molecular flexibility index (Phi) is 6.99. The molecule has 0 aromatic heterocycles. The Morgan fingerprint density at radius 1 is 1.04 bits per heavy atom. The van der Waals surface area contributed by atoms with E-state index in [4.69, 9.17) is 5.11 Å². The maximum absolute atomic E-state index is 14.1. The Hall–Kier alpha value is -1.60. The normalized spacial score (nSPS) is 17.4. The molecule has 1 N–H and O–H groups in total. The summed E-state index contributed by atoms with van der Waals surface area (Å²) in [5.74, 6) is -19.0. The number of alkyl halides is 11. The van der Waals surface area contributed by atoms with Gasteiger partial charge in [0.15, 0.2) is 0 Å². The summed E-state index contributed by atoms with van der Waals surface area (Å²) in [7, 11) is 0. The van der Waals surface area contributed by atoms with Crippen molar-refractivity contribution in [2.45, 2.75) is 62.3 Å². The van der Waals surface area contributed by atoms with Crippen LogP contribution in [0.25, 0.3) is 0 Å². The fourth-order valence-electron chi connectivity index (χ4n) is 1.80. The molecule has 0 rings (SSSR count). The van der Waals surface area contributed by atoms with Gasteiger partial charge in [-0.15, -0.1) is 0 Å². The van der Waals surface area contributed by atoms with Gasteiger partial charge in [-0.1, -0.05) is 6.58 Å². The van der Waals surface area contributed by atoms with Crippen molar-refractivity contribution in [2.75, 3.05) is 0 Å². The Labute approximate surface area is 144 Å². The molecule has 0 saturated carbocycles. The van der Waals surface area contributed by atoms with Crippen molar-refractivity contribution >= 4 is 5.97 Å². The average molecular weight is 426 g/mol. The van der Waals surface area contributed by atoms with Crippen LogP contribution in [0.15, 0.2) is 12.2 Å². The Morgan fingerprint density at radius 3 is 1.70 bits per heavy atom. The molecule has 160 valence electrons. The molecular weight excluding hydrogens is 413 g/mol. The van der Waals surface area contributed by atoms with Crippen LogP contribution in [0, 0.1) is 0 Å². The van der Waals surface area contributed by atoms with E-state index >= 15 is 0 Å². The topological polar surface area (TPSA) is 46.5 Å². The number of aliphatic hydroxyl groups is 1. The third kappa shape index (κ3) is 5.23. The van der Waals surface area contributed by atoms with Crippen molar-refractivity contribution in [3.63, 3.8) is 0 Å². The van der Waals surface area contributed by atoms with E-state index in [1.807, 2.05) is 0 Å². The van der Waals surface area contributed by atoms with Crippen LogP contribution in [0.3, 0.4) is 0 Å². The molecule has 2 unspecified atom stereocenters. The lowest BCUT2D eigenvalue weighted by atomic mass is 9.86. The SMILES string of the molecule is C=C(C)C(=O)OC(C(F)(F)CC(C)(F)F)C(F)(F)C(O)(C(F)F)C(F)(F)F. The third-order valence-corrected chi connectivity index (χ3v) is 3.09. The van der Waals surface area contributed by atoms with Gasteiger partial charge in [0, 0.05) is 5.57 Å². The highest BCUT2D eigenvalue weighted by Crippen LogP contribution is 2.52. The zero-order chi connectivity index (χ0) is 22.2. The monoisotopic (exact) mass is 426 g/mol. The lowest BCUT2D eigenvalue weighted by Gasteiger charge is -2.42. The summed E-state index contributed by atoms with van der Waals surface area (Å²) >= 11 is 0. The second-order valence-corrected chi connectivity index (χ2v) is 5.76. The summed E-state index contributed by atoms with van der Waals surface area (Å²) in [6, 6.07) is 0. The molecule has 3 nitrogen and oxygen atoms in total. The standard InChI is InChI=1S/C13H13F11O3/c1-5(2)6(25)27-7(10(18,19)4-9(3,16)17)12(20,21)11(26,8(14)15)13(22,23)24/h7-8,26H,1,4H2,2-3H3. The third-order valence-electron chi connectivity index (χ3n) is 3.09. The van der Waals surface area contributed by atoms with Crippen LogP contribution in [0.5, 0.6) is 0 Å². The first-order chi connectivity index (χ1) is 11.6. The van der Waals surface area contributed by atoms with Crippen LogP contribution < -0.4 is 0 Å². The Morgan fingerprint density at radius 2 is 1.44 bits per heavy atom. The molecule has 14 heteroatoms. The van der Waals surface area contributed by atoms with E-state index in [1.165, 1.54) is 0 Å². The second kappa shape index (κ2) is 7.43. The van der Waals surface area contributed by atoms with Crippen LogP contribution >= 0.6 is 0 Å². The summed E-state index contributed by atoms with van der Waals surface area (Å²) in [5, 5.41) is 8.88. The predicted molar refractivity (Wildman–Crippen MR) is 66.8 cm³/mol.